The molecule has 2 N–H and O–H groups in total. The van der Waals surface area contributed by atoms with Crippen LogP contribution >= 0.6 is 23.1 Å². The monoisotopic (exact) mass is 267 g/mol. The predicted octanol–water partition coefficient (Wildman–Crippen LogP) is 4.05. The Morgan fingerprint density at radius 2 is 2.29 bits per heavy atom. The maximum atomic E-state index is 6.20. The number of thioether (sulfide) groups is 1. The summed E-state index contributed by atoms with van der Waals surface area (Å²) in [6.45, 7) is 2.14. The second-order valence-electron chi connectivity index (χ2n) is 3.90. The molecule has 0 aliphatic carbocycles. The standard InChI is InChI=1S/C13H17NOS2/c1-2-11(14)13(12-6-4-8-16-12)17-9-10-5-3-7-15-10/h3-8,11,13H,2,9,14H2,1H3. The minimum atomic E-state index is 0.202. The molecule has 0 saturated carbocycles. The average Bonchev–Trinajstić information content (AvgIpc) is 3.01. The molecule has 0 radical (unpaired) electrons. The molecule has 2 unspecified atom stereocenters. The van der Waals surface area contributed by atoms with Crippen LogP contribution < -0.4 is 5.73 Å². The van der Waals surface area contributed by atoms with Crippen molar-refractivity contribution in [1.29, 1.82) is 0 Å². The van der Waals surface area contributed by atoms with E-state index < -0.39 is 0 Å². The third kappa shape index (κ3) is 3.37. The molecule has 92 valence electrons. The van der Waals surface area contributed by atoms with E-state index in [1.807, 2.05) is 23.9 Å². The number of thiophene rings is 1. The SMILES string of the molecule is CCC(N)C(SCc1ccco1)c1cccs1. The molecule has 0 aliphatic rings. The van der Waals surface area contributed by atoms with Crippen molar-refractivity contribution >= 4 is 23.1 Å². The highest BCUT2D eigenvalue weighted by molar-refractivity contribution is 7.98. The van der Waals surface area contributed by atoms with Gasteiger partial charge in [0.25, 0.3) is 0 Å². The first kappa shape index (κ1) is 12.7. The Balaban J connectivity index is 2.01. The molecule has 2 nitrogen and oxygen atoms in total. The molecular formula is C13H17NOS2. The van der Waals surface area contributed by atoms with Crippen LogP contribution in [0.15, 0.2) is 40.3 Å². The Bertz CT molecular complexity index is 411. The van der Waals surface area contributed by atoms with E-state index in [0.29, 0.717) is 5.25 Å². The summed E-state index contributed by atoms with van der Waals surface area (Å²) in [7, 11) is 0. The van der Waals surface area contributed by atoms with Crippen molar-refractivity contribution in [2.45, 2.75) is 30.4 Å². The molecule has 0 aliphatic heterocycles. The van der Waals surface area contributed by atoms with Gasteiger partial charge in [0.15, 0.2) is 0 Å². The van der Waals surface area contributed by atoms with Gasteiger partial charge >= 0.3 is 0 Å². The second-order valence-corrected chi connectivity index (χ2v) is 6.01. The lowest BCUT2D eigenvalue weighted by atomic mass is 10.1. The van der Waals surface area contributed by atoms with Gasteiger partial charge in [0, 0.05) is 10.9 Å². The van der Waals surface area contributed by atoms with E-state index in [1.54, 1.807) is 17.6 Å². The average molecular weight is 267 g/mol. The summed E-state index contributed by atoms with van der Waals surface area (Å²) in [5, 5.41) is 2.48. The summed E-state index contributed by atoms with van der Waals surface area (Å²) in [5.74, 6) is 1.89. The Morgan fingerprint density at radius 1 is 1.41 bits per heavy atom. The summed E-state index contributed by atoms with van der Waals surface area (Å²) in [4.78, 5) is 1.36. The molecule has 2 heterocycles. The highest BCUT2D eigenvalue weighted by Gasteiger charge is 2.20. The highest BCUT2D eigenvalue weighted by Crippen LogP contribution is 2.37. The first-order valence-electron chi connectivity index (χ1n) is 5.74. The van der Waals surface area contributed by atoms with Crippen LogP contribution in [0.2, 0.25) is 0 Å². The summed E-state index contributed by atoms with van der Waals surface area (Å²) in [5.41, 5.74) is 6.20. The highest BCUT2D eigenvalue weighted by atomic mass is 32.2. The quantitative estimate of drug-likeness (QED) is 0.858. The van der Waals surface area contributed by atoms with E-state index in [-0.39, 0.29) is 6.04 Å². The zero-order valence-electron chi connectivity index (χ0n) is 9.84. The van der Waals surface area contributed by atoms with E-state index in [1.165, 1.54) is 4.88 Å². The van der Waals surface area contributed by atoms with E-state index in [4.69, 9.17) is 10.2 Å². The first-order valence-corrected chi connectivity index (χ1v) is 7.67. The van der Waals surface area contributed by atoms with Gasteiger partial charge in [0.2, 0.25) is 0 Å². The lowest BCUT2D eigenvalue weighted by Gasteiger charge is -2.20. The molecule has 0 bridgehead atoms. The van der Waals surface area contributed by atoms with Crippen molar-refractivity contribution in [2.75, 3.05) is 0 Å². The van der Waals surface area contributed by atoms with Gasteiger partial charge in [-0.3, -0.25) is 0 Å². The molecule has 0 fully saturated rings. The lowest BCUT2D eigenvalue weighted by Crippen LogP contribution is -2.25. The van der Waals surface area contributed by atoms with Gasteiger partial charge in [-0.1, -0.05) is 13.0 Å². The van der Waals surface area contributed by atoms with Crippen LogP contribution in [-0.4, -0.2) is 6.04 Å². The summed E-state index contributed by atoms with van der Waals surface area (Å²) in [6, 6.07) is 8.39. The van der Waals surface area contributed by atoms with E-state index in [0.717, 1.165) is 17.9 Å². The van der Waals surface area contributed by atoms with E-state index >= 15 is 0 Å². The molecule has 2 rings (SSSR count). The molecular weight excluding hydrogens is 250 g/mol. The van der Waals surface area contributed by atoms with Crippen molar-refractivity contribution in [2.24, 2.45) is 5.73 Å². The number of nitrogens with two attached hydrogens (primary N) is 1. The fraction of sp³-hybridized carbons (Fsp3) is 0.385. The Labute approximate surface area is 110 Å². The maximum absolute atomic E-state index is 6.20. The summed E-state index contributed by atoms with van der Waals surface area (Å²) in [6.07, 6.45) is 2.71. The predicted molar refractivity (Wildman–Crippen MR) is 75.3 cm³/mol. The minimum absolute atomic E-state index is 0.202. The smallest absolute Gasteiger partial charge is 0.113 e. The second kappa shape index (κ2) is 6.28. The molecule has 0 saturated heterocycles. The van der Waals surface area contributed by atoms with Gasteiger partial charge in [-0.05, 0) is 30.0 Å². The van der Waals surface area contributed by atoms with Crippen molar-refractivity contribution in [3.8, 4) is 0 Å². The zero-order chi connectivity index (χ0) is 12.1. The molecule has 0 aromatic carbocycles. The molecule has 0 spiro atoms. The molecule has 4 heteroatoms. The fourth-order valence-electron chi connectivity index (χ4n) is 1.65. The number of hydrogen-bond donors (Lipinski definition) is 1. The van der Waals surface area contributed by atoms with Crippen molar-refractivity contribution < 1.29 is 4.42 Å². The van der Waals surface area contributed by atoms with Crippen molar-refractivity contribution in [3.05, 3.63) is 46.5 Å². The first-order chi connectivity index (χ1) is 8.31. The Kier molecular flexibility index (Phi) is 4.71. The summed E-state index contributed by atoms with van der Waals surface area (Å²) < 4.78 is 5.36. The third-order valence-electron chi connectivity index (χ3n) is 2.67. The molecule has 2 aromatic heterocycles. The minimum Gasteiger partial charge on any atom is -0.468 e. The largest absolute Gasteiger partial charge is 0.468 e. The topological polar surface area (TPSA) is 39.2 Å². The lowest BCUT2D eigenvalue weighted by molar-refractivity contribution is 0.529. The van der Waals surface area contributed by atoms with Crippen LogP contribution in [0, 0.1) is 0 Å². The van der Waals surface area contributed by atoms with Crippen LogP contribution in [0.5, 0.6) is 0 Å². The Hall–Kier alpha value is -0.710. The zero-order valence-corrected chi connectivity index (χ0v) is 11.5. The fourth-order valence-corrected chi connectivity index (χ4v) is 3.99. The van der Waals surface area contributed by atoms with Crippen LogP contribution in [-0.2, 0) is 5.75 Å². The number of hydrogen-bond acceptors (Lipinski definition) is 4. The van der Waals surface area contributed by atoms with E-state index in [9.17, 15) is 0 Å². The van der Waals surface area contributed by atoms with Gasteiger partial charge in [-0.25, -0.2) is 0 Å². The molecule has 17 heavy (non-hydrogen) atoms. The van der Waals surface area contributed by atoms with Gasteiger partial charge < -0.3 is 10.2 Å². The molecule has 2 aromatic rings. The Morgan fingerprint density at radius 3 is 2.88 bits per heavy atom. The van der Waals surface area contributed by atoms with Crippen LogP contribution in [0.1, 0.15) is 29.2 Å². The van der Waals surface area contributed by atoms with Gasteiger partial charge in [0.1, 0.15) is 5.76 Å². The third-order valence-corrected chi connectivity index (χ3v) is 5.19. The van der Waals surface area contributed by atoms with E-state index in [2.05, 4.69) is 24.4 Å². The molecule has 0 amide bonds. The van der Waals surface area contributed by atoms with Gasteiger partial charge in [-0.15, -0.1) is 23.1 Å². The van der Waals surface area contributed by atoms with Crippen LogP contribution in [0.25, 0.3) is 0 Å². The number of rotatable bonds is 6. The van der Waals surface area contributed by atoms with Crippen molar-refractivity contribution in [3.63, 3.8) is 0 Å². The van der Waals surface area contributed by atoms with Crippen LogP contribution in [0.4, 0.5) is 0 Å². The summed E-state index contributed by atoms with van der Waals surface area (Å²) >= 11 is 3.64. The van der Waals surface area contributed by atoms with Crippen molar-refractivity contribution in [1.82, 2.24) is 0 Å². The van der Waals surface area contributed by atoms with Gasteiger partial charge in [0.05, 0.1) is 17.3 Å². The van der Waals surface area contributed by atoms with Gasteiger partial charge in [-0.2, -0.15) is 0 Å². The molecule has 2 atom stereocenters. The van der Waals surface area contributed by atoms with Crippen LogP contribution in [0.3, 0.4) is 0 Å². The number of furan rings is 1. The maximum Gasteiger partial charge on any atom is 0.113 e. The normalized spacial score (nSPS) is 14.7.